The van der Waals surface area contributed by atoms with Crippen molar-refractivity contribution in [1.82, 2.24) is 0 Å². The van der Waals surface area contributed by atoms with Crippen LogP contribution in [0.15, 0.2) is 0 Å². The largest absolute Gasteiger partial charge is 0.481 e. The highest BCUT2D eigenvalue weighted by Gasteiger charge is 2.40. The molecule has 0 rings (SSSR count). The maximum atomic E-state index is 11.5. The average Bonchev–Trinajstić information content (AvgIpc) is 2.47. The van der Waals surface area contributed by atoms with Gasteiger partial charge in [-0.05, 0) is 13.3 Å². The zero-order valence-electron chi connectivity index (χ0n) is 14.4. The first-order valence-electron chi connectivity index (χ1n) is 8.50. The Bertz CT molecular complexity index is 340. The van der Waals surface area contributed by atoms with E-state index < -0.39 is 16.6 Å². The Hall–Kier alpha value is 0.550. The first-order chi connectivity index (χ1) is 10.4. The van der Waals surface area contributed by atoms with E-state index in [9.17, 15) is 9.90 Å². The third-order valence-electron chi connectivity index (χ3n) is 4.38. The van der Waals surface area contributed by atoms with Crippen LogP contribution >= 0.6 is 49.9 Å². The monoisotopic (exact) mass is 400 g/mol. The molecular formula is C17H33ClO2S3. The highest BCUT2D eigenvalue weighted by Crippen LogP contribution is 2.34. The highest BCUT2D eigenvalue weighted by molar-refractivity contribution is 8.13. The summed E-state index contributed by atoms with van der Waals surface area (Å²) in [4.78, 5) is 11.5. The van der Waals surface area contributed by atoms with Crippen LogP contribution in [0.5, 0.6) is 0 Å². The van der Waals surface area contributed by atoms with Gasteiger partial charge in [0.05, 0.1) is 14.9 Å². The molecule has 0 spiro atoms. The van der Waals surface area contributed by atoms with Gasteiger partial charge in [-0.3, -0.25) is 4.79 Å². The second-order valence-electron chi connectivity index (χ2n) is 6.40. The summed E-state index contributed by atoms with van der Waals surface area (Å²) in [5, 5.41) is 8.97. The van der Waals surface area contributed by atoms with Crippen molar-refractivity contribution < 1.29 is 9.90 Å². The fraction of sp³-hybridized carbons (Fsp3) is 0.882. The Morgan fingerprint density at radius 1 is 1.04 bits per heavy atom. The fourth-order valence-electron chi connectivity index (χ4n) is 2.61. The zero-order valence-corrected chi connectivity index (χ0v) is 17.8. The second-order valence-corrected chi connectivity index (χ2v) is 8.14. The average molecular weight is 401 g/mol. The second kappa shape index (κ2) is 14.9. The molecule has 0 aromatic carbocycles. The molecule has 0 aromatic heterocycles. The van der Waals surface area contributed by atoms with Gasteiger partial charge < -0.3 is 5.11 Å². The number of thiocarbonyl (C=S) groups is 1. The number of carboxylic acid groups (broad SMARTS) is 1. The van der Waals surface area contributed by atoms with Gasteiger partial charge in [-0.1, -0.05) is 83.3 Å². The quantitative estimate of drug-likeness (QED) is 0.180. The van der Waals surface area contributed by atoms with Gasteiger partial charge >= 0.3 is 5.97 Å². The molecule has 0 heterocycles. The summed E-state index contributed by atoms with van der Waals surface area (Å²) in [7, 11) is 0. The third kappa shape index (κ3) is 10.9. The minimum absolute atomic E-state index is 0. The number of hydrogen-bond donors (Lipinski definition) is 3. The van der Waals surface area contributed by atoms with Gasteiger partial charge in [-0.25, -0.2) is 0 Å². The Labute approximate surface area is 164 Å². The third-order valence-corrected chi connectivity index (χ3v) is 6.08. The van der Waals surface area contributed by atoms with Gasteiger partial charge in [0.15, 0.2) is 0 Å². The topological polar surface area (TPSA) is 37.3 Å². The first kappa shape index (κ1) is 25.8. The minimum Gasteiger partial charge on any atom is -0.481 e. The van der Waals surface area contributed by atoms with Gasteiger partial charge in [-0.15, -0.1) is 25.0 Å². The van der Waals surface area contributed by atoms with Crippen molar-refractivity contribution in [3.05, 3.63) is 0 Å². The van der Waals surface area contributed by atoms with Crippen molar-refractivity contribution in [2.24, 2.45) is 5.41 Å². The van der Waals surface area contributed by atoms with Crippen molar-refractivity contribution >= 4 is 60.0 Å². The van der Waals surface area contributed by atoms with Crippen LogP contribution in [0.1, 0.15) is 84.5 Å². The molecule has 23 heavy (non-hydrogen) atoms. The summed E-state index contributed by atoms with van der Waals surface area (Å²) in [6.07, 6.45) is 13.0. The lowest BCUT2D eigenvalue weighted by atomic mass is 9.81. The number of halogens is 1. The summed E-state index contributed by atoms with van der Waals surface area (Å²) in [5.41, 5.74) is -0.915. The zero-order chi connectivity index (χ0) is 17.0. The predicted octanol–water partition coefficient (Wildman–Crippen LogP) is 6.37. The Morgan fingerprint density at radius 3 is 1.78 bits per heavy atom. The fourth-order valence-corrected chi connectivity index (χ4v) is 3.40. The van der Waals surface area contributed by atoms with Crippen LogP contribution in [0.2, 0.25) is 0 Å². The minimum atomic E-state index is -0.915. The van der Waals surface area contributed by atoms with Crippen LogP contribution in [0.4, 0.5) is 0 Å². The molecule has 0 aliphatic rings. The van der Waals surface area contributed by atoms with E-state index in [1.54, 1.807) is 6.92 Å². The smallest absolute Gasteiger partial charge is 0.310 e. The number of thiol groups is 2. The number of hydrogen-bond acceptors (Lipinski definition) is 3. The van der Waals surface area contributed by atoms with Crippen LogP contribution in [0, 0.1) is 5.41 Å². The number of unbranched alkanes of at least 4 members (excludes halogenated alkanes) is 9. The number of rotatable bonds is 14. The first-order valence-corrected chi connectivity index (χ1v) is 9.87. The maximum Gasteiger partial charge on any atom is 0.310 e. The molecule has 138 valence electrons. The summed E-state index contributed by atoms with van der Waals surface area (Å²) in [6, 6.07) is 0. The summed E-state index contributed by atoms with van der Waals surface area (Å²) >= 11 is 13.4. The number of carboxylic acids is 1. The molecule has 0 aromatic rings. The Balaban J connectivity index is 0. The SMILES string of the molecule is CCCCCCCCCCCCC(C)(C(=O)O)C(S)C(=S)S.Cl. The summed E-state index contributed by atoms with van der Waals surface area (Å²) in [5.74, 6) is -0.833. The molecule has 2 atom stereocenters. The van der Waals surface area contributed by atoms with Crippen molar-refractivity contribution in [1.29, 1.82) is 0 Å². The van der Waals surface area contributed by atoms with Gasteiger partial charge in [-0.2, -0.15) is 12.6 Å². The van der Waals surface area contributed by atoms with E-state index in [1.807, 2.05) is 0 Å². The molecular weight excluding hydrogens is 368 g/mol. The van der Waals surface area contributed by atoms with Gasteiger partial charge in [0.1, 0.15) is 0 Å². The van der Waals surface area contributed by atoms with E-state index in [4.69, 9.17) is 12.2 Å². The Kier molecular flexibility index (Phi) is 16.7. The van der Waals surface area contributed by atoms with Gasteiger partial charge in [0.2, 0.25) is 0 Å². The molecule has 0 saturated carbocycles. The summed E-state index contributed by atoms with van der Waals surface area (Å²) < 4.78 is 0.361. The molecule has 1 N–H and O–H groups in total. The van der Waals surface area contributed by atoms with E-state index in [1.165, 1.54) is 51.4 Å². The lowest BCUT2D eigenvalue weighted by molar-refractivity contribution is -0.147. The van der Waals surface area contributed by atoms with Crippen LogP contribution in [-0.4, -0.2) is 20.5 Å². The standard InChI is InChI=1S/C17H32O2S3.ClH/c1-3-4-5-6-7-8-9-10-11-12-13-17(2,16(18)19)14(20)15(21)22;/h14,20H,3-13H2,1-2H3,(H,18,19)(H,21,22);1H. The van der Waals surface area contributed by atoms with Crippen molar-refractivity contribution in [2.75, 3.05) is 0 Å². The van der Waals surface area contributed by atoms with E-state index in [0.29, 0.717) is 10.6 Å². The molecule has 0 radical (unpaired) electrons. The van der Waals surface area contributed by atoms with Crippen LogP contribution in [-0.2, 0) is 4.79 Å². The van der Waals surface area contributed by atoms with E-state index in [2.05, 4.69) is 32.2 Å². The molecule has 2 unspecified atom stereocenters. The molecule has 0 aliphatic heterocycles. The van der Waals surface area contributed by atoms with Crippen molar-refractivity contribution in [2.45, 2.75) is 89.7 Å². The molecule has 0 aliphatic carbocycles. The van der Waals surface area contributed by atoms with Gasteiger partial charge in [0.25, 0.3) is 0 Å². The van der Waals surface area contributed by atoms with Gasteiger partial charge in [0, 0.05) is 0 Å². The van der Waals surface area contributed by atoms with E-state index in [0.717, 1.165) is 12.8 Å². The van der Waals surface area contributed by atoms with Crippen molar-refractivity contribution in [3.8, 4) is 0 Å². The van der Waals surface area contributed by atoms with E-state index in [-0.39, 0.29) is 12.4 Å². The molecule has 0 fully saturated rings. The number of carbonyl (C=O) groups is 1. The Morgan fingerprint density at radius 2 is 1.43 bits per heavy atom. The van der Waals surface area contributed by atoms with E-state index >= 15 is 0 Å². The number of aliphatic carboxylic acids is 1. The summed E-state index contributed by atoms with van der Waals surface area (Å²) in [6.45, 7) is 3.96. The van der Waals surface area contributed by atoms with Crippen LogP contribution in [0.3, 0.4) is 0 Å². The normalized spacial score (nSPS) is 14.6. The molecule has 6 heteroatoms. The predicted molar refractivity (Wildman–Crippen MR) is 114 cm³/mol. The lowest BCUT2D eigenvalue weighted by Gasteiger charge is -2.30. The molecule has 2 nitrogen and oxygen atoms in total. The van der Waals surface area contributed by atoms with Crippen LogP contribution in [0.25, 0.3) is 0 Å². The molecule has 0 saturated heterocycles. The molecule has 0 bridgehead atoms. The van der Waals surface area contributed by atoms with Crippen LogP contribution < -0.4 is 0 Å². The molecule has 0 amide bonds. The lowest BCUT2D eigenvalue weighted by Crippen LogP contribution is -2.39. The maximum absolute atomic E-state index is 11.5. The van der Waals surface area contributed by atoms with Crippen molar-refractivity contribution in [3.63, 3.8) is 0 Å². The highest BCUT2D eigenvalue weighted by atomic mass is 35.5.